The molecule has 0 aliphatic carbocycles. The highest BCUT2D eigenvalue weighted by atomic mass is 28.4. The molecule has 0 heterocycles. The third kappa shape index (κ3) is 10.6. The fourth-order valence-corrected chi connectivity index (χ4v) is 5.73. The second-order valence-corrected chi connectivity index (χ2v) is 11.7. The van der Waals surface area contributed by atoms with Crippen molar-refractivity contribution >= 4 is 8.80 Å². The Kier molecular flexibility index (Phi) is 13.8. The molecular formula is C28H43N3O3Si. The summed E-state index contributed by atoms with van der Waals surface area (Å²) in [4.78, 5) is 2.45. The Bertz CT molecular complexity index is 768. The predicted octanol–water partition coefficient (Wildman–Crippen LogP) is 4.25. The molecule has 2 rings (SSSR count). The van der Waals surface area contributed by atoms with Gasteiger partial charge < -0.3 is 23.9 Å². The van der Waals surface area contributed by atoms with Crippen molar-refractivity contribution < 1.29 is 13.3 Å². The molecule has 2 N–H and O–H groups in total. The van der Waals surface area contributed by atoms with Gasteiger partial charge in [0, 0.05) is 65.6 Å². The van der Waals surface area contributed by atoms with Crippen LogP contribution in [0.3, 0.4) is 0 Å². The third-order valence-electron chi connectivity index (χ3n) is 6.19. The van der Waals surface area contributed by atoms with E-state index in [1.165, 1.54) is 11.1 Å². The van der Waals surface area contributed by atoms with Crippen LogP contribution in [0.2, 0.25) is 6.04 Å². The fourth-order valence-electron chi connectivity index (χ4n) is 4.02. The van der Waals surface area contributed by atoms with Crippen molar-refractivity contribution in [1.29, 1.82) is 0 Å². The van der Waals surface area contributed by atoms with Crippen LogP contribution in [-0.2, 0) is 26.4 Å². The molecule has 0 amide bonds. The molecule has 0 radical (unpaired) electrons. The van der Waals surface area contributed by atoms with Gasteiger partial charge in [-0.1, -0.05) is 72.8 Å². The highest BCUT2D eigenvalue weighted by molar-refractivity contribution is 6.60. The summed E-state index contributed by atoms with van der Waals surface area (Å²) in [5, 5.41) is 7.27. The summed E-state index contributed by atoms with van der Waals surface area (Å²) in [6.07, 6.45) is 4.90. The summed E-state index contributed by atoms with van der Waals surface area (Å²) in [5.41, 5.74) is 2.52. The number of benzene rings is 2. The van der Waals surface area contributed by atoms with Crippen LogP contribution in [0.15, 0.2) is 86.0 Å². The maximum absolute atomic E-state index is 5.62. The average Bonchev–Trinajstić information content (AvgIpc) is 2.92. The molecule has 2 aromatic rings. The molecule has 35 heavy (non-hydrogen) atoms. The Morgan fingerprint density at radius 3 is 1.57 bits per heavy atom. The van der Waals surface area contributed by atoms with Gasteiger partial charge in [-0.05, 0) is 24.1 Å². The second kappa shape index (κ2) is 16.5. The zero-order valence-electron chi connectivity index (χ0n) is 21.6. The van der Waals surface area contributed by atoms with Crippen molar-refractivity contribution in [2.24, 2.45) is 0 Å². The molecule has 2 atom stereocenters. The molecule has 0 aromatic heterocycles. The maximum Gasteiger partial charge on any atom is 0.500 e. The quantitative estimate of drug-likeness (QED) is 0.224. The Hall–Kier alpha value is -2.10. The summed E-state index contributed by atoms with van der Waals surface area (Å²) >= 11 is 0. The fraction of sp³-hybridized carbons (Fsp3) is 0.429. The van der Waals surface area contributed by atoms with Crippen molar-refractivity contribution in [3.8, 4) is 0 Å². The molecule has 192 valence electrons. The van der Waals surface area contributed by atoms with Crippen LogP contribution >= 0.6 is 0 Å². The minimum Gasteiger partial charge on any atom is -0.377 e. The van der Waals surface area contributed by atoms with Crippen molar-refractivity contribution in [3.63, 3.8) is 0 Å². The maximum atomic E-state index is 5.62. The lowest BCUT2D eigenvalue weighted by atomic mass is 10.1. The topological polar surface area (TPSA) is 55.0 Å². The zero-order chi connectivity index (χ0) is 25.4. The highest BCUT2D eigenvalue weighted by Gasteiger charge is 2.37. The predicted molar refractivity (Wildman–Crippen MR) is 147 cm³/mol. The number of hydrogen-bond donors (Lipinski definition) is 2. The summed E-state index contributed by atoms with van der Waals surface area (Å²) in [5.74, 6) is 0. The number of rotatable bonds is 19. The smallest absolute Gasteiger partial charge is 0.377 e. The van der Waals surface area contributed by atoms with Crippen LogP contribution in [0, 0.1) is 0 Å². The van der Waals surface area contributed by atoms with Crippen LogP contribution in [0.1, 0.15) is 17.5 Å². The molecule has 0 bridgehead atoms. The van der Waals surface area contributed by atoms with Crippen molar-refractivity contribution in [2.45, 2.75) is 37.6 Å². The van der Waals surface area contributed by atoms with Gasteiger partial charge in [0.1, 0.15) is 0 Å². The molecule has 0 aliphatic heterocycles. The third-order valence-corrected chi connectivity index (χ3v) is 9.02. The average molecular weight is 498 g/mol. The van der Waals surface area contributed by atoms with E-state index in [1.54, 1.807) is 21.3 Å². The zero-order valence-corrected chi connectivity index (χ0v) is 22.6. The van der Waals surface area contributed by atoms with Gasteiger partial charge in [0.15, 0.2) is 0 Å². The number of hydrogen-bond acceptors (Lipinski definition) is 6. The first kappa shape index (κ1) is 29.1. The lowest BCUT2D eigenvalue weighted by Crippen LogP contribution is -2.47. The normalized spacial score (nSPS) is 13.5. The molecule has 2 unspecified atom stereocenters. The highest BCUT2D eigenvalue weighted by Crippen LogP contribution is 2.16. The van der Waals surface area contributed by atoms with E-state index in [9.17, 15) is 0 Å². The molecule has 6 nitrogen and oxygen atoms in total. The first-order valence-electron chi connectivity index (χ1n) is 12.3. The Labute approximate surface area is 213 Å². The Morgan fingerprint density at radius 1 is 0.771 bits per heavy atom. The first-order valence-corrected chi connectivity index (χ1v) is 14.2. The molecule has 2 aromatic carbocycles. The Balaban J connectivity index is 2.01. The first-order chi connectivity index (χ1) is 17.1. The van der Waals surface area contributed by atoms with Gasteiger partial charge in [0.25, 0.3) is 0 Å². The molecule has 0 saturated carbocycles. The van der Waals surface area contributed by atoms with Gasteiger partial charge in [-0.15, -0.1) is 13.2 Å². The SMILES string of the molecule is C=CC(CN(CCC[Si](OC)(OC)OC)CC(C=C)NCc1ccccc1)NCc1ccccc1. The standard InChI is InChI=1S/C28H43N3O3Si/c1-6-27(29-21-25-15-10-8-11-16-25)23-31(19-14-20-35(32-3,33-4)34-5)24-28(7-2)30-22-26-17-12-9-13-18-26/h6-13,15-18,27-30H,1-2,14,19-24H2,3-5H3. The van der Waals surface area contributed by atoms with Gasteiger partial charge in [-0.25, -0.2) is 0 Å². The van der Waals surface area contributed by atoms with Crippen molar-refractivity contribution in [3.05, 3.63) is 97.1 Å². The van der Waals surface area contributed by atoms with Crippen molar-refractivity contribution in [1.82, 2.24) is 15.5 Å². The van der Waals surface area contributed by atoms with Gasteiger partial charge in [-0.3, -0.25) is 4.90 Å². The van der Waals surface area contributed by atoms with Gasteiger partial charge in [0.05, 0.1) is 0 Å². The van der Waals surface area contributed by atoms with E-state index >= 15 is 0 Å². The summed E-state index contributed by atoms with van der Waals surface area (Å²) in [6.45, 7) is 12.3. The van der Waals surface area contributed by atoms with Crippen LogP contribution in [0.5, 0.6) is 0 Å². The van der Waals surface area contributed by atoms with Gasteiger partial charge in [-0.2, -0.15) is 0 Å². The van der Waals surface area contributed by atoms with E-state index in [2.05, 4.69) is 77.2 Å². The molecule has 7 heteroatoms. The van der Waals surface area contributed by atoms with Crippen LogP contribution in [0.4, 0.5) is 0 Å². The summed E-state index contributed by atoms with van der Waals surface area (Å²) < 4.78 is 16.8. The molecule has 0 aliphatic rings. The van der Waals surface area contributed by atoms with E-state index in [0.29, 0.717) is 0 Å². The Morgan fingerprint density at radius 2 is 1.20 bits per heavy atom. The number of nitrogens with zero attached hydrogens (tertiary/aromatic N) is 1. The van der Waals surface area contributed by atoms with Crippen LogP contribution < -0.4 is 10.6 Å². The second-order valence-electron chi connectivity index (χ2n) is 8.58. The van der Waals surface area contributed by atoms with Crippen LogP contribution in [0.25, 0.3) is 0 Å². The van der Waals surface area contributed by atoms with E-state index in [-0.39, 0.29) is 12.1 Å². The molecule has 0 spiro atoms. The lowest BCUT2D eigenvalue weighted by Gasteiger charge is -2.31. The van der Waals surface area contributed by atoms with E-state index < -0.39 is 8.80 Å². The van der Waals surface area contributed by atoms with Crippen LogP contribution in [-0.4, -0.2) is 66.8 Å². The monoisotopic (exact) mass is 497 g/mol. The number of nitrogens with one attached hydrogen (secondary N) is 2. The minimum atomic E-state index is -2.60. The van der Waals surface area contributed by atoms with E-state index in [4.69, 9.17) is 13.3 Å². The van der Waals surface area contributed by atoms with Crippen molar-refractivity contribution in [2.75, 3.05) is 41.0 Å². The summed E-state index contributed by atoms with van der Waals surface area (Å²) in [7, 11) is 2.40. The molecule has 0 saturated heterocycles. The lowest BCUT2D eigenvalue weighted by molar-refractivity contribution is 0.121. The summed E-state index contributed by atoms with van der Waals surface area (Å²) in [6, 6.07) is 22.0. The van der Waals surface area contributed by atoms with E-state index in [1.807, 2.05) is 24.3 Å². The molecular weight excluding hydrogens is 454 g/mol. The van der Waals surface area contributed by atoms with Gasteiger partial charge in [0.2, 0.25) is 0 Å². The molecule has 0 fully saturated rings. The van der Waals surface area contributed by atoms with Gasteiger partial charge >= 0.3 is 8.80 Å². The van der Waals surface area contributed by atoms with E-state index in [0.717, 1.165) is 45.2 Å². The minimum absolute atomic E-state index is 0.157. The largest absolute Gasteiger partial charge is 0.500 e.